The number of unbranched alkanes of at least 4 members (excludes halogenated alkanes) is 34. The van der Waals surface area contributed by atoms with E-state index in [1.165, 1.54) is 103 Å². The fourth-order valence-electron chi connectivity index (χ4n) is 11.4. The highest BCUT2D eigenvalue weighted by molar-refractivity contribution is 7.47. The van der Waals surface area contributed by atoms with Crippen LogP contribution in [0.3, 0.4) is 0 Å². The molecule has 3 N–H and O–H groups in total. The number of ether oxygens (including phenoxy) is 4. The molecule has 5 atom stereocenters. The fourth-order valence-corrected chi connectivity index (χ4v) is 13.0. The number of aliphatic hydroxyl groups excluding tert-OH is 1. The number of rotatable bonds is 80. The zero-order valence-corrected chi connectivity index (χ0v) is 70.0. The van der Waals surface area contributed by atoms with Crippen LogP contribution in [-0.2, 0) is 65.4 Å². The molecule has 0 amide bonds. The summed E-state index contributed by atoms with van der Waals surface area (Å²) in [6.07, 6.45) is 90.1. The molecule has 0 fully saturated rings. The second kappa shape index (κ2) is 80.5. The molecule has 17 nitrogen and oxygen atoms in total. The summed E-state index contributed by atoms with van der Waals surface area (Å²) in [5.74, 6) is -2.22. The fraction of sp³-hybridized carbons (Fsp3) is 0.730. The van der Waals surface area contributed by atoms with Crippen molar-refractivity contribution in [2.45, 2.75) is 380 Å². The summed E-state index contributed by atoms with van der Waals surface area (Å²) in [5, 5.41) is 10.7. The molecule has 0 aromatic heterocycles. The minimum Gasteiger partial charge on any atom is -0.462 e. The lowest BCUT2D eigenvalue weighted by atomic mass is 10.0. The number of carbonyl (C=O) groups is 4. The van der Waals surface area contributed by atoms with Gasteiger partial charge in [0.05, 0.1) is 26.4 Å². The zero-order chi connectivity index (χ0) is 78.9. The molecule has 19 heteroatoms. The number of phosphoric acid groups is 2. The van der Waals surface area contributed by atoms with Gasteiger partial charge in [0.2, 0.25) is 0 Å². The summed E-state index contributed by atoms with van der Waals surface area (Å²) < 4.78 is 68.8. The lowest BCUT2D eigenvalue weighted by Gasteiger charge is -2.21. The molecule has 622 valence electrons. The average molecular weight is 1560 g/mol. The van der Waals surface area contributed by atoms with E-state index in [2.05, 4.69) is 149 Å². The van der Waals surface area contributed by atoms with Crippen LogP contribution in [0.2, 0.25) is 0 Å². The van der Waals surface area contributed by atoms with Gasteiger partial charge < -0.3 is 33.8 Å². The Morgan fingerprint density at radius 3 is 0.769 bits per heavy atom. The Balaban J connectivity index is 5.42. The Bertz CT molecular complexity index is 2520. The smallest absolute Gasteiger partial charge is 0.462 e. The predicted molar refractivity (Wildman–Crippen MR) is 445 cm³/mol. The Morgan fingerprint density at radius 1 is 0.269 bits per heavy atom. The summed E-state index contributed by atoms with van der Waals surface area (Å²) in [5.41, 5.74) is 0. The standard InChI is InChI=1S/C89H154O17P2/c1-5-9-13-17-21-25-29-33-37-39-41-43-47-50-54-58-62-66-70-74-87(92)100-80-85(106-89(94)76-72-68-64-60-56-52-48-44-42-40-38-34-30-26-22-18-14-10-6-2)82-104-108(97,98)102-78-83(90)77-101-107(95,96)103-81-84(105-88(93)75-71-67-63-59-55-51-46-36-32-28-24-20-16-12-8-4)79-99-86(91)73-69-65-61-57-53-49-45-35-31-27-23-19-15-11-7-3/h9,13,21-23,25-27,33-35,37-38,41-45,50,54,83-85,90H,5-8,10-12,14-20,24,28-32,36,39-40,46-49,51-53,55-82H2,1-4H3,(H,95,96)(H,97,98)/b13-9-,25-21-,26-22-,27-23-,37-33-,38-34-,43-41-,44-42-,45-35-,54-50-. The molecule has 0 aliphatic carbocycles. The van der Waals surface area contributed by atoms with Crippen LogP contribution in [-0.4, -0.2) is 96.7 Å². The molecule has 0 rings (SSSR count). The summed E-state index contributed by atoms with van der Waals surface area (Å²) in [7, 11) is -9.98. The Morgan fingerprint density at radius 2 is 0.481 bits per heavy atom. The van der Waals surface area contributed by atoms with Crippen LogP contribution in [0.15, 0.2) is 122 Å². The van der Waals surface area contributed by atoms with Crippen molar-refractivity contribution < 1.29 is 80.2 Å². The summed E-state index contributed by atoms with van der Waals surface area (Å²) in [4.78, 5) is 73.2. The number of phosphoric ester groups is 2. The van der Waals surface area contributed by atoms with Crippen molar-refractivity contribution in [3.05, 3.63) is 122 Å². The van der Waals surface area contributed by atoms with E-state index in [1.807, 2.05) is 0 Å². The van der Waals surface area contributed by atoms with Crippen molar-refractivity contribution in [1.82, 2.24) is 0 Å². The van der Waals surface area contributed by atoms with Crippen molar-refractivity contribution in [2.75, 3.05) is 39.6 Å². The van der Waals surface area contributed by atoms with Gasteiger partial charge in [0.25, 0.3) is 0 Å². The van der Waals surface area contributed by atoms with E-state index < -0.39 is 97.5 Å². The monoisotopic (exact) mass is 1560 g/mol. The lowest BCUT2D eigenvalue weighted by Crippen LogP contribution is -2.30. The zero-order valence-electron chi connectivity index (χ0n) is 68.2. The van der Waals surface area contributed by atoms with Crippen molar-refractivity contribution >= 4 is 39.5 Å². The molecule has 108 heavy (non-hydrogen) atoms. The highest BCUT2D eigenvalue weighted by Crippen LogP contribution is 2.45. The van der Waals surface area contributed by atoms with Gasteiger partial charge in [-0.1, -0.05) is 316 Å². The molecule has 0 radical (unpaired) electrons. The second-order valence-corrected chi connectivity index (χ2v) is 31.3. The molecule has 0 aromatic rings. The third kappa shape index (κ3) is 79.5. The van der Waals surface area contributed by atoms with E-state index in [4.69, 9.17) is 37.0 Å². The highest BCUT2D eigenvalue weighted by Gasteiger charge is 2.30. The topological polar surface area (TPSA) is 237 Å². The second-order valence-electron chi connectivity index (χ2n) is 28.4. The first-order valence-corrected chi connectivity index (χ1v) is 45.8. The Hall–Kier alpha value is -4.54. The molecule has 0 aromatic carbocycles. The Labute approximate surface area is 657 Å². The van der Waals surface area contributed by atoms with E-state index >= 15 is 0 Å². The van der Waals surface area contributed by atoms with Gasteiger partial charge >= 0.3 is 39.5 Å². The summed E-state index contributed by atoms with van der Waals surface area (Å²) in [6.45, 7) is 4.70. The quantitative estimate of drug-likeness (QED) is 0.0169. The average Bonchev–Trinajstić information content (AvgIpc) is 0.896. The SMILES string of the molecule is CC/C=C\C/C=C\C/C=C\C/C=C\C/C=C\CCCCCC(=O)OCC(COP(=O)(O)OCC(O)COP(=O)(O)OCC(COC(=O)CCCCCCC/C=C\C/C=C\CCCCC)OC(=O)CCCCCCCCCCCCCCCCC)OC(=O)CCCCCCCC/C=C\C/C=C\C/C=C\CCCCC. The molecule has 0 saturated carbocycles. The molecule has 0 heterocycles. The van der Waals surface area contributed by atoms with Gasteiger partial charge in [0.1, 0.15) is 19.3 Å². The molecule has 5 unspecified atom stereocenters. The van der Waals surface area contributed by atoms with Gasteiger partial charge in [-0.05, 0) is 141 Å². The normalized spacial score (nSPS) is 14.4. The molecule has 0 saturated heterocycles. The minimum absolute atomic E-state index is 0.0706. The number of hydrogen-bond acceptors (Lipinski definition) is 15. The minimum atomic E-state index is -5.00. The lowest BCUT2D eigenvalue weighted by molar-refractivity contribution is -0.161. The molecular weight excluding hydrogens is 1400 g/mol. The van der Waals surface area contributed by atoms with E-state index in [9.17, 15) is 43.2 Å². The number of allylic oxidation sites excluding steroid dienone is 20. The van der Waals surface area contributed by atoms with Gasteiger partial charge in [-0.3, -0.25) is 37.3 Å². The van der Waals surface area contributed by atoms with Crippen LogP contribution in [0.4, 0.5) is 0 Å². The number of esters is 4. The molecule has 0 spiro atoms. The van der Waals surface area contributed by atoms with E-state index in [-0.39, 0.29) is 25.7 Å². The summed E-state index contributed by atoms with van der Waals surface area (Å²) >= 11 is 0. The van der Waals surface area contributed by atoms with Crippen LogP contribution in [0, 0.1) is 0 Å². The van der Waals surface area contributed by atoms with Gasteiger partial charge in [0.15, 0.2) is 12.2 Å². The maximum Gasteiger partial charge on any atom is 0.472 e. The van der Waals surface area contributed by atoms with Crippen LogP contribution in [0.25, 0.3) is 0 Å². The first-order valence-electron chi connectivity index (χ1n) is 42.8. The maximum absolute atomic E-state index is 13.1. The van der Waals surface area contributed by atoms with Crippen LogP contribution in [0.5, 0.6) is 0 Å². The number of carbonyl (C=O) groups excluding carboxylic acids is 4. The van der Waals surface area contributed by atoms with E-state index in [0.29, 0.717) is 25.7 Å². The first-order chi connectivity index (χ1) is 52.7. The third-order valence-electron chi connectivity index (χ3n) is 17.9. The van der Waals surface area contributed by atoms with Gasteiger partial charge in [0, 0.05) is 25.7 Å². The van der Waals surface area contributed by atoms with Crippen molar-refractivity contribution in [2.24, 2.45) is 0 Å². The maximum atomic E-state index is 13.1. The predicted octanol–water partition coefficient (Wildman–Crippen LogP) is 25.5. The molecule has 0 aliphatic rings. The van der Waals surface area contributed by atoms with Crippen molar-refractivity contribution in [3.63, 3.8) is 0 Å². The van der Waals surface area contributed by atoms with Crippen LogP contribution in [0.1, 0.15) is 362 Å². The van der Waals surface area contributed by atoms with Crippen molar-refractivity contribution in [3.8, 4) is 0 Å². The molecular formula is C89H154O17P2. The summed E-state index contributed by atoms with van der Waals surface area (Å²) in [6, 6.07) is 0. The van der Waals surface area contributed by atoms with Gasteiger partial charge in [-0.15, -0.1) is 0 Å². The van der Waals surface area contributed by atoms with Crippen LogP contribution >= 0.6 is 15.6 Å². The molecule has 0 aliphatic heterocycles. The van der Waals surface area contributed by atoms with Crippen LogP contribution < -0.4 is 0 Å². The van der Waals surface area contributed by atoms with Gasteiger partial charge in [-0.2, -0.15) is 0 Å². The first kappa shape index (κ1) is 103. The third-order valence-corrected chi connectivity index (χ3v) is 19.8. The van der Waals surface area contributed by atoms with Crippen molar-refractivity contribution in [1.29, 1.82) is 0 Å². The largest absolute Gasteiger partial charge is 0.472 e. The Kier molecular flexibility index (Phi) is 77.1. The van der Waals surface area contributed by atoms with Gasteiger partial charge in [-0.25, -0.2) is 9.13 Å². The van der Waals surface area contributed by atoms with E-state index in [1.54, 1.807) is 0 Å². The number of hydrogen-bond donors (Lipinski definition) is 3. The highest BCUT2D eigenvalue weighted by atomic mass is 31.2. The van der Waals surface area contributed by atoms with E-state index in [0.717, 1.165) is 180 Å². The number of aliphatic hydroxyl groups is 1. The molecule has 0 bridgehead atoms.